The normalized spacial score (nSPS) is 23.9. The molecule has 12 heteroatoms. The summed E-state index contributed by atoms with van der Waals surface area (Å²) in [6.07, 6.45) is -3.55. The SMILES string of the molecule is NCC(O)CC1NC(=O)C(N)Cc2cc(ccc2O)-c2ccc(O)c(c2)C(O)C(C(=O)O)NC1=O. The zero-order valence-electron chi connectivity index (χ0n) is 18.6. The molecule has 1 aliphatic rings. The minimum absolute atomic E-state index is 0.107. The van der Waals surface area contributed by atoms with E-state index in [0.29, 0.717) is 16.7 Å². The number of phenolic OH excluding ortho intramolecular Hbond substituents is 2. The second-order valence-corrected chi connectivity index (χ2v) is 8.38. The van der Waals surface area contributed by atoms with Crippen molar-refractivity contribution in [3.63, 3.8) is 0 Å². The maximum atomic E-state index is 12.9. The molecule has 12 nitrogen and oxygen atoms in total. The third kappa shape index (κ3) is 5.87. The van der Waals surface area contributed by atoms with Gasteiger partial charge in [0.2, 0.25) is 11.8 Å². The number of hydrogen-bond donors (Lipinski definition) is 9. The standard InChI is InChI=1S/C23H28N4O8/c24-9-13(28)8-16-22(33)27-19(23(34)35)20(31)14-6-11(2-4-18(14)30)10-1-3-17(29)12(5-10)7-15(25)21(32)26-16/h1-6,13,15-16,19-20,28-31H,7-9,24-25H2,(H,26,32)(H,27,33)(H,34,35). The van der Waals surface area contributed by atoms with Gasteiger partial charge in [-0.25, -0.2) is 4.79 Å². The minimum atomic E-state index is -1.91. The van der Waals surface area contributed by atoms with Gasteiger partial charge in [-0.2, -0.15) is 0 Å². The van der Waals surface area contributed by atoms with Gasteiger partial charge in [0, 0.05) is 24.9 Å². The lowest BCUT2D eigenvalue weighted by molar-refractivity contribution is -0.146. The first kappa shape index (κ1) is 25.9. The minimum Gasteiger partial charge on any atom is -0.508 e. The molecule has 0 aromatic heterocycles. The topological polar surface area (TPSA) is 228 Å². The van der Waals surface area contributed by atoms with E-state index in [2.05, 4.69) is 10.6 Å². The lowest BCUT2D eigenvalue weighted by Gasteiger charge is -2.26. The highest BCUT2D eigenvalue weighted by atomic mass is 16.4. The Morgan fingerprint density at radius 3 is 2.29 bits per heavy atom. The van der Waals surface area contributed by atoms with Gasteiger partial charge in [-0.3, -0.25) is 9.59 Å². The number of fused-ring (bicyclic) bond motifs is 5. The molecule has 3 rings (SSSR count). The van der Waals surface area contributed by atoms with Crippen LogP contribution in [-0.4, -0.2) is 74.1 Å². The van der Waals surface area contributed by atoms with Crippen molar-refractivity contribution in [2.45, 2.75) is 43.2 Å². The summed E-state index contributed by atoms with van der Waals surface area (Å²) in [5.74, 6) is -3.94. The molecule has 2 aromatic carbocycles. The number of amides is 2. The molecule has 0 saturated heterocycles. The van der Waals surface area contributed by atoms with Crippen molar-refractivity contribution < 1.29 is 39.9 Å². The van der Waals surface area contributed by atoms with Crippen LogP contribution in [-0.2, 0) is 20.8 Å². The molecule has 0 saturated carbocycles. The predicted octanol–water partition coefficient (Wildman–Crippen LogP) is -1.55. The average molecular weight is 488 g/mol. The third-order valence-corrected chi connectivity index (χ3v) is 5.83. The lowest BCUT2D eigenvalue weighted by Crippen LogP contribution is -2.56. The van der Waals surface area contributed by atoms with E-state index in [-0.39, 0.29) is 30.7 Å². The summed E-state index contributed by atoms with van der Waals surface area (Å²) in [6, 6.07) is 4.10. The highest BCUT2D eigenvalue weighted by Crippen LogP contribution is 2.33. The molecule has 2 amide bonds. The van der Waals surface area contributed by atoms with Crippen LogP contribution in [0.25, 0.3) is 11.1 Å². The first-order valence-electron chi connectivity index (χ1n) is 10.8. The van der Waals surface area contributed by atoms with E-state index in [1.54, 1.807) is 12.1 Å². The molecular weight excluding hydrogens is 460 g/mol. The van der Waals surface area contributed by atoms with Gasteiger partial charge in [0.15, 0.2) is 6.04 Å². The molecule has 1 aliphatic heterocycles. The van der Waals surface area contributed by atoms with Gasteiger partial charge < -0.3 is 47.6 Å². The van der Waals surface area contributed by atoms with Crippen LogP contribution in [0.15, 0.2) is 36.4 Å². The van der Waals surface area contributed by atoms with E-state index in [9.17, 15) is 39.9 Å². The molecule has 5 unspecified atom stereocenters. The Hall–Kier alpha value is -3.71. The molecule has 0 radical (unpaired) electrons. The highest BCUT2D eigenvalue weighted by Gasteiger charge is 2.35. The summed E-state index contributed by atoms with van der Waals surface area (Å²) < 4.78 is 0. The van der Waals surface area contributed by atoms with Crippen LogP contribution in [0.5, 0.6) is 11.5 Å². The Balaban J connectivity index is 2.14. The van der Waals surface area contributed by atoms with Crippen molar-refractivity contribution in [1.29, 1.82) is 0 Å². The van der Waals surface area contributed by atoms with Crippen molar-refractivity contribution in [1.82, 2.24) is 10.6 Å². The van der Waals surface area contributed by atoms with Crippen molar-refractivity contribution in [3.8, 4) is 22.6 Å². The Bertz CT molecular complexity index is 1120. The molecule has 1 heterocycles. The number of nitrogens with one attached hydrogen (secondary N) is 2. The summed E-state index contributed by atoms with van der Waals surface area (Å²) in [5, 5.41) is 55.6. The number of aliphatic carboxylic acids is 1. The van der Waals surface area contributed by atoms with E-state index < -0.39 is 53.9 Å². The van der Waals surface area contributed by atoms with Gasteiger partial charge in [-0.15, -0.1) is 0 Å². The number of aliphatic hydroxyl groups excluding tert-OH is 2. The van der Waals surface area contributed by atoms with Crippen LogP contribution in [0.1, 0.15) is 23.7 Å². The number of hydrogen-bond acceptors (Lipinski definition) is 9. The Labute approximate surface area is 200 Å². The largest absolute Gasteiger partial charge is 0.508 e. The van der Waals surface area contributed by atoms with Crippen LogP contribution < -0.4 is 22.1 Å². The molecule has 0 spiro atoms. The van der Waals surface area contributed by atoms with Gasteiger partial charge in [0.05, 0.1) is 12.1 Å². The number of carbonyl (C=O) groups is 3. The van der Waals surface area contributed by atoms with Crippen LogP contribution in [0, 0.1) is 0 Å². The Morgan fingerprint density at radius 1 is 1.03 bits per heavy atom. The molecule has 35 heavy (non-hydrogen) atoms. The second-order valence-electron chi connectivity index (χ2n) is 8.38. The second kappa shape index (κ2) is 10.7. The first-order chi connectivity index (χ1) is 16.5. The average Bonchev–Trinajstić information content (AvgIpc) is 2.82. The van der Waals surface area contributed by atoms with Crippen LogP contribution >= 0.6 is 0 Å². The fourth-order valence-electron chi connectivity index (χ4n) is 3.82. The third-order valence-electron chi connectivity index (χ3n) is 5.83. The fraction of sp³-hybridized carbons (Fsp3) is 0.348. The summed E-state index contributed by atoms with van der Waals surface area (Å²) in [4.78, 5) is 37.6. The fourth-order valence-corrected chi connectivity index (χ4v) is 3.82. The quantitative estimate of drug-likeness (QED) is 0.240. The van der Waals surface area contributed by atoms with Gasteiger partial charge in [0.25, 0.3) is 0 Å². The number of phenols is 2. The van der Waals surface area contributed by atoms with Crippen molar-refractivity contribution >= 4 is 17.8 Å². The van der Waals surface area contributed by atoms with Crippen molar-refractivity contribution in [2.24, 2.45) is 11.5 Å². The van der Waals surface area contributed by atoms with E-state index in [0.717, 1.165) is 0 Å². The number of nitrogens with two attached hydrogens (primary N) is 2. The van der Waals surface area contributed by atoms with E-state index in [1.807, 2.05) is 0 Å². The Morgan fingerprint density at radius 2 is 1.66 bits per heavy atom. The Kier molecular flexibility index (Phi) is 7.92. The molecule has 188 valence electrons. The maximum absolute atomic E-state index is 12.9. The smallest absolute Gasteiger partial charge is 0.329 e. The van der Waals surface area contributed by atoms with Crippen LogP contribution in [0.2, 0.25) is 0 Å². The number of carboxylic acids is 1. The highest BCUT2D eigenvalue weighted by molar-refractivity contribution is 5.92. The predicted molar refractivity (Wildman–Crippen MR) is 123 cm³/mol. The van der Waals surface area contributed by atoms with Gasteiger partial charge in [-0.1, -0.05) is 12.1 Å². The summed E-state index contributed by atoms with van der Waals surface area (Å²) in [5.41, 5.74) is 12.6. The van der Waals surface area contributed by atoms with Gasteiger partial charge in [-0.05, 0) is 41.0 Å². The number of carboxylic acid groups (broad SMARTS) is 1. The monoisotopic (exact) mass is 488 g/mol. The molecule has 0 fully saturated rings. The molecule has 0 aliphatic carbocycles. The molecule has 2 aromatic rings. The van der Waals surface area contributed by atoms with E-state index >= 15 is 0 Å². The molecule has 5 atom stereocenters. The van der Waals surface area contributed by atoms with E-state index in [1.165, 1.54) is 24.3 Å². The zero-order chi connectivity index (χ0) is 25.9. The molecule has 11 N–H and O–H groups in total. The number of benzene rings is 2. The van der Waals surface area contributed by atoms with Gasteiger partial charge in [0.1, 0.15) is 23.6 Å². The summed E-state index contributed by atoms with van der Waals surface area (Å²) >= 11 is 0. The van der Waals surface area contributed by atoms with Gasteiger partial charge >= 0.3 is 5.97 Å². The number of rotatable bonds is 4. The number of aliphatic hydroxyl groups is 2. The van der Waals surface area contributed by atoms with Crippen molar-refractivity contribution in [2.75, 3.05) is 6.54 Å². The summed E-state index contributed by atoms with van der Waals surface area (Å²) in [7, 11) is 0. The molecule has 4 bridgehead atoms. The van der Waals surface area contributed by atoms with Crippen LogP contribution in [0.4, 0.5) is 0 Å². The lowest BCUT2D eigenvalue weighted by atomic mass is 9.94. The van der Waals surface area contributed by atoms with E-state index in [4.69, 9.17) is 11.5 Å². The molecular formula is C23H28N4O8. The summed E-state index contributed by atoms with van der Waals surface area (Å²) in [6.45, 7) is -0.238. The maximum Gasteiger partial charge on any atom is 0.329 e. The number of carbonyl (C=O) groups excluding carboxylic acids is 2. The number of aromatic hydroxyl groups is 2. The van der Waals surface area contributed by atoms with Crippen molar-refractivity contribution in [3.05, 3.63) is 47.5 Å². The van der Waals surface area contributed by atoms with Crippen LogP contribution in [0.3, 0.4) is 0 Å². The zero-order valence-corrected chi connectivity index (χ0v) is 18.6. The first-order valence-corrected chi connectivity index (χ1v) is 10.8.